The van der Waals surface area contributed by atoms with Gasteiger partial charge in [-0.1, -0.05) is 42.0 Å². The summed E-state index contributed by atoms with van der Waals surface area (Å²) in [4.78, 5) is 1.26. The molecule has 1 nitrogen and oxygen atoms in total. The summed E-state index contributed by atoms with van der Waals surface area (Å²) in [5.41, 5.74) is 2.40. The molecule has 2 heteroatoms. The largest absolute Gasteiger partial charge is 0.457 e. The molecule has 0 atom stereocenters. The topological polar surface area (TPSA) is 9.23 Å². The Bertz CT molecular complexity index is 707. The first-order valence-electron chi connectivity index (χ1n) is 6.86. The third-order valence-electron chi connectivity index (χ3n) is 3.12. The molecule has 0 bridgehead atoms. The number of thiophene rings is 1. The Morgan fingerprint density at radius 3 is 2.10 bits per heavy atom. The SMILES string of the molecule is Cc1ccc(Oc2ccc(/C=C/c3cccs3)cc2)cc1. The van der Waals surface area contributed by atoms with Crippen molar-refractivity contribution in [2.45, 2.75) is 6.92 Å². The van der Waals surface area contributed by atoms with Crippen molar-refractivity contribution in [2.75, 3.05) is 0 Å². The van der Waals surface area contributed by atoms with Gasteiger partial charge in [-0.25, -0.2) is 0 Å². The lowest BCUT2D eigenvalue weighted by molar-refractivity contribution is 0.482. The summed E-state index contributed by atoms with van der Waals surface area (Å²) in [7, 11) is 0. The molecule has 104 valence electrons. The van der Waals surface area contributed by atoms with Gasteiger partial charge in [-0.3, -0.25) is 0 Å². The van der Waals surface area contributed by atoms with Crippen molar-refractivity contribution in [3.05, 3.63) is 82.0 Å². The standard InChI is InChI=1S/C19H16OS/c1-15-4-9-17(10-5-15)20-18-11-6-16(7-12-18)8-13-19-3-2-14-21-19/h2-14H,1H3/b13-8+. The van der Waals surface area contributed by atoms with Crippen molar-refractivity contribution in [1.29, 1.82) is 0 Å². The van der Waals surface area contributed by atoms with E-state index in [1.54, 1.807) is 11.3 Å². The fraction of sp³-hybridized carbons (Fsp3) is 0.0526. The number of rotatable bonds is 4. The Balaban J connectivity index is 1.67. The zero-order chi connectivity index (χ0) is 14.5. The minimum Gasteiger partial charge on any atom is -0.457 e. The molecule has 1 heterocycles. The molecule has 0 N–H and O–H groups in total. The average Bonchev–Trinajstić information content (AvgIpc) is 3.02. The van der Waals surface area contributed by atoms with Crippen LogP contribution in [0.25, 0.3) is 12.2 Å². The highest BCUT2D eigenvalue weighted by Gasteiger charge is 1.97. The van der Waals surface area contributed by atoms with Crippen LogP contribution in [-0.4, -0.2) is 0 Å². The van der Waals surface area contributed by atoms with E-state index < -0.39 is 0 Å². The zero-order valence-corrected chi connectivity index (χ0v) is 12.6. The second kappa shape index (κ2) is 6.42. The van der Waals surface area contributed by atoms with Crippen molar-refractivity contribution < 1.29 is 4.74 Å². The summed E-state index contributed by atoms with van der Waals surface area (Å²) in [5.74, 6) is 1.72. The maximum absolute atomic E-state index is 5.82. The first-order valence-corrected chi connectivity index (χ1v) is 7.74. The molecule has 3 rings (SSSR count). The van der Waals surface area contributed by atoms with Crippen molar-refractivity contribution in [3.63, 3.8) is 0 Å². The summed E-state index contributed by atoms with van der Waals surface area (Å²) >= 11 is 1.74. The van der Waals surface area contributed by atoms with Gasteiger partial charge in [-0.05, 0) is 54.3 Å². The Labute approximate surface area is 129 Å². The molecular formula is C19H16OS. The normalized spacial score (nSPS) is 10.9. The van der Waals surface area contributed by atoms with Crippen LogP contribution in [0.2, 0.25) is 0 Å². The number of hydrogen-bond donors (Lipinski definition) is 0. The number of ether oxygens (including phenoxy) is 1. The smallest absolute Gasteiger partial charge is 0.127 e. The highest BCUT2D eigenvalue weighted by molar-refractivity contribution is 7.10. The molecule has 3 aromatic rings. The summed E-state index contributed by atoms with van der Waals surface area (Å²) < 4.78 is 5.82. The Morgan fingerprint density at radius 2 is 1.48 bits per heavy atom. The third-order valence-corrected chi connectivity index (χ3v) is 3.96. The second-order valence-electron chi connectivity index (χ2n) is 4.83. The summed E-state index contributed by atoms with van der Waals surface area (Å²) in [6.45, 7) is 2.07. The molecule has 2 aromatic carbocycles. The van der Waals surface area contributed by atoms with Crippen LogP contribution in [0, 0.1) is 6.92 Å². The van der Waals surface area contributed by atoms with Crippen LogP contribution in [0.4, 0.5) is 0 Å². The Kier molecular flexibility index (Phi) is 4.17. The molecule has 0 radical (unpaired) electrons. The van der Waals surface area contributed by atoms with E-state index in [1.807, 2.05) is 36.4 Å². The van der Waals surface area contributed by atoms with Crippen molar-refractivity contribution >= 4 is 23.5 Å². The van der Waals surface area contributed by atoms with Crippen LogP contribution < -0.4 is 4.74 Å². The molecule has 0 spiro atoms. The predicted molar refractivity (Wildman–Crippen MR) is 90.9 cm³/mol. The maximum Gasteiger partial charge on any atom is 0.127 e. The molecular weight excluding hydrogens is 276 g/mol. The van der Waals surface area contributed by atoms with Crippen molar-refractivity contribution in [2.24, 2.45) is 0 Å². The van der Waals surface area contributed by atoms with E-state index in [-0.39, 0.29) is 0 Å². The van der Waals surface area contributed by atoms with Crippen LogP contribution in [-0.2, 0) is 0 Å². The molecule has 0 saturated heterocycles. The van der Waals surface area contributed by atoms with Crippen LogP contribution in [0.1, 0.15) is 16.0 Å². The Hall–Kier alpha value is -2.32. The first kappa shape index (κ1) is 13.7. The maximum atomic E-state index is 5.82. The van der Waals surface area contributed by atoms with Gasteiger partial charge in [0, 0.05) is 4.88 Å². The van der Waals surface area contributed by atoms with Gasteiger partial charge in [0.05, 0.1) is 0 Å². The van der Waals surface area contributed by atoms with Gasteiger partial charge in [-0.2, -0.15) is 0 Å². The molecule has 0 aliphatic rings. The minimum absolute atomic E-state index is 0.854. The summed E-state index contributed by atoms with van der Waals surface area (Å²) in [6, 6.07) is 20.4. The molecule has 0 amide bonds. The summed E-state index contributed by atoms with van der Waals surface area (Å²) in [6.07, 6.45) is 4.24. The molecule has 0 aliphatic heterocycles. The predicted octanol–water partition coefficient (Wildman–Crippen LogP) is 6.02. The Morgan fingerprint density at radius 1 is 0.810 bits per heavy atom. The summed E-state index contributed by atoms with van der Waals surface area (Å²) in [5, 5.41) is 2.08. The van der Waals surface area contributed by atoms with Crippen LogP contribution in [0.3, 0.4) is 0 Å². The molecule has 0 fully saturated rings. The monoisotopic (exact) mass is 292 g/mol. The minimum atomic E-state index is 0.854. The average molecular weight is 292 g/mol. The quantitative estimate of drug-likeness (QED) is 0.571. The van der Waals surface area contributed by atoms with E-state index >= 15 is 0 Å². The van der Waals surface area contributed by atoms with Gasteiger partial charge in [0.25, 0.3) is 0 Å². The lowest BCUT2D eigenvalue weighted by Gasteiger charge is -2.06. The van der Waals surface area contributed by atoms with Gasteiger partial charge in [0.2, 0.25) is 0 Å². The van der Waals surface area contributed by atoms with E-state index in [0.29, 0.717) is 0 Å². The molecule has 1 aromatic heterocycles. The van der Waals surface area contributed by atoms with Crippen LogP contribution in [0.15, 0.2) is 66.0 Å². The number of hydrogen-bond acceptors (Lipinski definition) is 2. The van der Waals surface area contributed by atoms with E-state index in [2.05, 4.69) is 48.7 Å². The highest BCUT2D eigenvalue weighted by atomic mass is 32.1. The second-order valence-corrected chi connectivity index (χ2v) is 5.81. The van der Waals surface area contributed by atoms with Crippen LogP contribution in [0.5, 0.6) is 11.5 Å². The molecule has 0 saturated carbocycles. The molecule has 21 heavy (non-hydrogen) atoms. The van der Waals surface area contributed by atoms with Gasteiger partial charge in [-0.15, -0.1) is 11.3 Å². The first-order chi connectivity index (χ1) is 10.3. The number of aryl methyl sites for hydroxylation is 1. The molecule has 0 aliphatic carbocycles. The van der Waals surface area contributed by atoms with E-state index in [1.165, 1.54) is 16.0 Å². The van der Waals surface area contributed by atoms with Gasteiger partial charge in [0.1, 0.15) is 11.5 Å². The van der Waals surface area contributed by atoms with Gasteiger partial charge >= 0.3 is 0 Å². The van der Waals surface area contributed by atoms with Crippen LogP contribution >= 0.6 is 11.3 Å². The fourth-order valence-corrected chi connectivity index (χ4v) is 2.57. The lowest BCUT2D eigenvalue weighted by Crippen LogP contribution is -1.84. The lowest BCUT2D eigenvalue weighted by atomic mass is 10.2. The fourth-order valence-electron chi connectivity index (χ4n) is 1.95. The van der Waals surface area contributed by atoms with Crippen molar-refractivity contribution in [1.82, 2.24) is 0 Å². The van der Waals surface area contributed by atoms with E-state index in [4.69, 9.17) is 4.74 Å². The number of benzene rings is 2. The molecule has 0 unspecified atom stereocenters. The van der Waals surface area contributed by atoms with Gasteiger partial charge in [0.15, 0.2) is 0 Å². The van der Waals surface area contributed by atoms with E-state index in [9.17, 15) is 0 Å². The zero-order valence-electron chi connectivity index (χ0n) is 11.8. The van der Waals surface area contributed by atoms with E-state index in [0.717, 1.165) is 11.5 Å². The van der Waals surface area contributed by atoms with Gasteiger partial charge < -0.3 is 4.74 Å². The van der Waals surface area contributed by atoms with Crippen molar-refractivity contribution in [3.8, 4) is 11.5 Å². The highest BCUT2D eigenvalue weighted by Crippen LogP contribution is 2.22. The third kappa shape index (κ3) is 3.83.